The smallest absolute Gasteiger partial charge is 0.338 e. The molecule has 9 heteroatoms. The van der Waals surface area contributed by atoms with Crippen LogP contribution in [-0.2, 0) is 25.5 Å². The van der Waals surface area contributed by atoms with E-state index in [-0.39, 0.29) is 24.2 Å². The van der Waals surface area contributed by atoms with Crippen LogP contribution in [0.5, 0.6) is 0 Å². The zero-order chi connectivity index (χ0) is 26.4. The molecule has 0 saturated heterocycles. The number of rotatable bonds is 9. The lowest BCUT2D eigenvalue weighted by atomic mass is 10.0. The summed E-state index contributed by atoms with van der Waals surface area (Å²) in [4.78, 5) is 64.2. The number of nitrogens with one attached hydrogen (secondary N) is 1. The van der Waals surface area contributed by atoms with Crippen LogP contribution < -0.4 is 5.32 Å². The van der Waals surface area contributed by atoms with E-state index >= 15 is 0 Å². The van der Waals surface area contributed by atoms with Gasteiger partial charge < -0.3 is 14.8 Å². The molecule has 37 heavy (non-hydrogen) atoms. The number of anilines is 1. The van der Waals surface area contributed by atoms with Crippen molar-refractivity contribution in [3.8, 4) is 0 Å². The molecule has 3 amide bonds. The summed E-state index contributed by atoms with van der Waals surface area (Å²) in [6, 6.07) is 20.0. The molecule has 1 unspecified atom stereocenters. The van der Waals surface area contributed by atoms with Crippen LogP contribution in [-0.4, -0.2) is 53.8 Å². The molecule has 1 atom stereocenters. The van der Waals surface area contributed by atoms with Crippen LogP contribution in [0.4, 0.5) is 5.69 Å². The minimum atomic E-state index is -1.26. The average Bonchev–Trinajstić information content (AvgIpc) is 3.16. The lowest BCUT2D eigenvalue weighted by Crippen LogP contribution is -2.47. The maximum Gasteiger partial charge on any atom is 0.338 e. The van der Waals surface area contributed by atoms with Crippen LogP contribution >= 0.6 is 0 Å². The van der Waals surface area contributed by atoms with Crippen molar-refractivity contribution in [3.05, 3.63) is 101 Å². The van der Waals surface area contributed by atoms with Gasteiger partial charge in [0, 0.05) is 12.1 Å². The van der Waals surface area contributed by atoms with E-state index in [1.165, 1.54) is 36.4 Å². The lowest BCUT2D eigenvalue weighted by Gasteiger charge is -2.24. The quantitative estimate of drug-likeness (QED) is 0.354. The summed E-state index contributed by atoms with van der Waals surface area (Å²) >= 11 is 0. The summed E-state index contributed by atoms with van der Waals surface area (Å²) in [5.74, 6) is -3.18. The molecule has 0 bridgehead atoms. The van der Waals surface area contributed by atoms with E-state index in [2.05, 4.69) is 5.32 Å². The highest BCUT2D eigenvalue weighted by Gasteiger charge is 2.43. The largest absolute Gasteiger partial charge is 0.462 e. The summed E-state index contributed by atoms with van der Waals surface area (Å²) in [5.41, 5.74) is 1.85. The predicted molar refractivity (Wildman–Crippen MR) is 133 cm³/mol. The van der Waals surface area contributed by atoms with Gasteiger partial charge in [0.1, 0.15) is 6.04 Å². The Bertz CT molecular complexity index is 1300. The molecular formula is C28H24N2O7. The second-order valence-electron chi connectivity index (χ2n) is 8.19. The Morgan fingerprint density at radius 1 is 0.811 bits per heavy atom. The molecular weight excluding hydrogens is 476 g/mol. The summed E-state index contributed by atoms with van der Waals surface area (Å²) in [6.45, 7) is 1.31. The summed E-state index contributed by atoms with van der Waals surface area (Å²) < 4.78 is 10.2. The first-order valence-corrected chi connectivity index (χ1v) is 11.6. The zero-order valence-electron chi connectivity index (χ0n) is 20.0. The Morgan fingerprint density at radius 2 is 1.41 bits per heavy atom. The molecule has 0 spiro atoms. The fraction of sp³-hybridized carbons (Fsp3) is 0.179. The molecule has 0 fully saturated rings. The monoisotopic (exact) mass is 500 g/mol. The molecule has 1 aliphatic heterocycles. The summed E-state index contributed by atoms with van der Waals surface area (Å²) in [5, 5.41) is 2.57. The normalized spacial score (nSPS) is 13.1. The van der Waals surface area contributed by atoms with Gasteiger partial charge in [-0.15, -0.1) is 0 Å². The first-order chi connectivity index (χ1) is 17.9. The van der Waals surface area contributed by atoms with Gasteiger partial charge in [-0.25, -0.2) is 9.59 Å². The second kappa shape index (κ2) is 11.3. The minimum Gasteiger partial charge on any atom is -0.462 e. The van der Waals surface area contributed by atoms with Crippen molar-refractivity contribution in [1.29, 1.82) is 0 Å². The second-order valence-corrected chi connectivity index (χ2v) is 8.19. The molecule has 0 radical (unpaired) electrons. The molecule has 3 aromatic carbocycles. The van der Waals surface area contributed by atoms with E-state index < -0.39 is 42.3 Å². The van der Waals surface area contributed by atoms with Crippen LogP contribution in [0, 0.1) is 0 Å². The number of hydrogen-bond acceptors (Lipinski definition) is 7. The number of ether oxygens (including phenoxy) is 2. The van der Waals surface area contributed by atoms with Crippen LogP contribution in [0.15, 0.2) is 78.9 Å². The number of carbonyl (C=O) groups is 5. The molecule has 0 aliphatic carbocycles. The van der Waals surface area contributed by atoms with Crippen LogP contribution in [0.3, 0.4) is 0 Å². The van der Waals surface area contributed by atoms with Crippen LogP contribution in [0.1, 0.15) is 43.6 Å². The van der Waals surface area contributed by atoms with E-state index in [9.17, 15) is 24.0 Å². The average molecular weight is 501 g/mol. The van der Waals surface area contributed by atoms with Gasteiger partial charge in [0.25, 0.3) is 17.7 Å². The first kappa shape index (κ1) is 25.3. The maximum absolute atomic E-state index is 13.1. The number of carbonyl (C=O) groups excluding carboxylic acids is 5. The van der Waals surface area contributed by atoms with E-state index in [1.807, 2.05) is 6.07 Å². The third-order valence-electron chi connectivity index (χ3n) is 5.71. The van der Waals surface area contributed by atoms with E-state index in [1.54, 1.807) is 43.3 Å². The SMILES string of the molecule is CCOC(=O)c1ccc(NC(=O)COC(=O)C(Cc2ccccc2)N2C(=O)c3ccccc3C2=O)cc1. The van der Waals surface area contributed by atoms with E-state index in [0.29, 0.717) is 16.8 Å². The first-order valence-electron chi connectivity index (χ1n) is 11.6. The van der Waals surface area contributed by atoms with Crippen molar-refractivity contribution in [2.45, 2.75) is 19.4 Å². The highest BCUT2D eigenvalue weighted by atomic mass is 16.5. The van der Waals surface area contributed by atoms with Gasteiger partial charge in [0.05, 0.1) is 23.3 Å². The fourth-order valence-electron chi connectivity index (χ4n) is 3.94. The van der Waals surface area contributed by atoms with Gasteiger partial charge in [-0.2, -0.15) is 0 Å². The highest BCUT2D eigenvalue weighted by molar-refractivity contribution is 6.22. The van der Waals surface area contributed by atoms with Crippen LogP contribution in [0.25, 0.3) is 0 Å². The van der Waals surface area contributed by atoms with Crippen molar-refractivity contribution in [2.75, 3.05) is 18.5 Å². The van der Waals surface area contributed by atoms with E-state index in [0.717, 1.165) is 4.90 Å². The van der Waals surface area contributed by atoms with Crippen molar-refractivity contribution in [2.24, 2.45) is 0 Å². The fourth-order valence-corrected chi connectivity index (χ4v) is 3.94. The third-order valence-corrected chi connectivity index (χ3v) is 5.71. The molecule has 0 saturated carbocycles. The molecule has 3 aromatic rings. The van der Waals surface area contributed by atoms with Gasteiger partial charge in [0.15, 0.2) is 6.61 Å². The van der Waals surface area contributed by atoms with Gasteiger partial charge in [-0.1, -0.05) is 42.5 Å². The summed E-state index contributed by atoms with van der Waals surface area (Å²) in [7, 11) is 0. The number of hydrogen-bond donors (Lipinski definition) is 1. The van der Waals surface area contributed by atoms with Crippen molar-refractivity contribution in [3.63, 3.8) is 0 Å². The third kappa shape index (κ3) is 5.72. The van der Waals surface area contributed by atoms with Gasteiger partial charge in [-0.05, 0) is 48.9 Å². The Balaban J connectivity index is 1.44. The zero-order valence-corrected chi connectivity index (χ0v) is 20.0. The summed E-state index contributed by atoms with van der Waals surface area (Å²) in [6.07, 6.45) is 0.0298. The maximum atomic E-state index is 13.1. The van der Waals surface area contributed by atoms with Gasteiger partial charge in [0.2, 0.25) is 0 Å². The topological polar surface area (TPSA) is 119 Å². The predicted octanol–water partition coefficient (Wildman–Crippen LogP) is 3.25. The number of nitrogens with zero attached hydrogens (tertiary/aromatic N) is 1. The standard InChI is InChI=1S/C28H24N2O7/c1-2-36-27(34)19-12-14-20(15-13-19)29-24(31)17-37-28(35)23(16-18-8-4-3-5-9-18)30-25(32)21-10-6-7-11-22(21)26(30)33/h3-15,23H,2,16-17H2,1H3,(H,29,31). The molecule has 0 aromatic heterocycles. The molecule has 1 heterocycles. The van der Waals surface area contributed by atoms with Crippen molar-refractivity contribution in [1.82, 2.24) is 4.90 Å². The Hall–Kier alpha value is -4.79. The Kier molecular flexibility index (Phi) is 7.73. The van der Waals surface area contributed by atoms with Crippen LogP contribution in [0.2, 0.25) is 0 Å². The molecule has 4 rings (SSSR count). The Labute approximate surface area is 213 Å². The Morgan fingerprint density at radius 3 is 2.00 bits per heavy atom. The van der Waals surface area contributed by atoms with Gasteiger partial charge >= 0.3 is 11.9 Å². The number of imide groups is 1. The number of esters is 2. The van der Waals surface area contributed by atoms with Crippen molar-refractivity contribution >= 4 is 35.3 Å². The number of amides is 3. The lowest BCUT2D eigenvalue weighted by molar-refractivity contribution is -0.151. The molecule has 188 valence electrons. The van der Waals surface area contributed by atoms with Gasteiger partial charge in [-0.3, -0.25) is 19.3 Å². The van der Waals surface area contributed by atoms with Crippen molar-refractivity contribution < 1.29 is 33.4 Å². The highest BCUT2D eigenvalue weighted by Crippen LogP contribution is 2.26. The number of fused-ring (bicyclic) bond motifs is 1. The molecule has 9 nitrogen and oxygen atoms in total. The number of benzene rings is 3. The molecule has 1 aliphatic rings. The van der Waals surface area contributed by atoms with E-state index in [4.69, 9.17) is 9.47 Å². The minimum absolute atomic E-state index is 0.0298. The molecule has 1 N–H and O–H groups in total.